The first-order valence-corrected chi connectivity index (χ1v) is 5.97. The summed E-state index contributed by atoms with van der Waals surface area (Å²) >= 11 is 0. The van der Waals surface area contributed by atoms with Crippen molar-refractivity contribution in [1.29, 1.82) is 0 Å². The summed E-state index contributed by atoms with van der Waals surface area (Å²) in [4.78, 5) is 0. The summed E-state index contributed by atoms with van der Waals surface area (Å²) in [6.45, 7) is 3.97. The molecule has 1 aromatic rings. The lowest BCUT2D eigenvalue weighted by molar-refractivity contribution is 0.185. The minimum Gasteiger partial charge on any atom is -0.399 e. The van der Waals surface area contributed by atoms with Crippen molar-refractivity contribution in [3.8, 4) is 0 Å². The molecule has 0 aliphatic carbocycles. The first-order chi connectivity index (χ1) is 7.84. The van der Waals surface area contributed by atoms with Crippen LogP contribution in [0.2, 0.25) is 0 Å². The molecule has 1 aliphatic rings. The van der Waals surface area contributed by atoms with Crippen LogP contribution in [0, 0.1) is 5.92 Å². The predicted molar refractivity (Wildman–Crippen MR) is 66.4 cm³/mol. The molecule has 2 rings (SSSR count). The van der Waals surface area contributed by atoms with Crippen molar-refractivity contribution < 1.29 is 4.74 Å². The van der Waals surface area contributed by atoms with Gasteiger partial charge in [-0.1, -0.05) is 12.1 Å². The average Bonchev–Trinajstić information content (AvgIpc) is 2.80. The number of ether oxygens (including phenoxy) is 1. The molecular formula is C13H20N2O. The van der Waals surface area contributed by atoms with E-state index < -0.39 is 0 Å². The Kier molecular flexibility index (Phi) is 4.19. The largest absolute Gasteiger partial charge is 0.399 e. The van der Waals surface area contributed by atoms with Crippen LogP contribution >= 0.6 is 0 Å². The van der Waals surface area contributed by atoms with E-state index in [1.807, 2.05) is 12.1 Å². The van der Waals surface area contributed by atoms with E-state index in [-0.39, 0.29) is 0 Å². The van der Waals surface area contributed by atoms with Crippen molar-refractivity contribution >= 4 is 5.69 Å². The van der Waals surface area contributed by atoms with Gasteiger partial charge < -0.3 is 15.8 Å². The molecule has 0 radical (unpaired) electrons. The highest BCUT2D eigenvalue weighted by molar-refractivity contribution is 5.39. The third kappa shape index (κ3) is 3.51. The zero-order valence-corrected chi connectivity index (χ0v) is 9.61. The normalized spacial score (nSPS) is 20.1. The lowest BCUT2D eigenvalue weighted by atomic mass is 10.1. The Hall–Kier alpha value is -1.06. The molecular weight excluding hydrogens is 200 g/mol. The van der Waals surface area contributed by atoms with Gasteiger partial charge in [-0.25, -0.2) is 0 Å². The maximum atomic E-state index is 5.63. The van der Waals surface area contributed by atoms with E-state index in [1.165, 1.54) is 12.0 Å². The van der Waals surface area contributed by atoms with E-state index in [0.717, 1.165) is 38.4 Å². The van der Waals surface area contributed by atoms with Gasteiger partial charge in [-0.2, -0.15) is 0 Å². The fourth-order valence-corrected chi connectivity index (χ4v) is 1.97. The van der Waals surface area contributed by atoms with Crippen LogP contribution in [0.3, 0.4) is 0 Å². The molecule has 16 heavy (non-hydrogen) atoms. The summed E-state index contributed by atoms with van der Waals surface area (Å²) in [6, 6.07) is 8.10. The molecule has 1 unspecified atom stereocenters. The van der Waals surface area contributed by atoms with Gasteiger partial charge in [-0.3, -0.25) is 0 Å². The van der Waals surface area contributed by atoms with E-state index >= 15 is 0 Å². The molecule has 3 N–H and O–H groups in total. The van der Waals surface area contributed by atoms with Gasteiger partial charge in [0.25, 0.3) is 0 Å². The van der Waals surface area contributed by atoms with Gasteiger partial charge in [0, 0.05) is 18.8 Å². The Morgan fingerprint density at radius 3 is 2.81 bits per heavy atom. The van der Waals surface area contributed by atoms with Crippen LogP contribution in [0.1, 0.15) is 12.0 Å². The second-order valence-electron chi connectivity index (χ2n) is 4.43. The highest BCUT2D eigenvalue weighted by atomic mass is 16.5. The van der Waals surface area contributed by atoms with Crippen molar-refractivity contribution in [1.82, 2.24) is 5.32 Å². The molecule has 3 nitrogen and oxygen atoms in total. The van der Waals surface area contributed by atoms with E-state index in [9.17, 15) is 0 Å². The Morgan fingerprint density at radius 1 is 1.31 bits per heavy atom. The third-order valence-corrected chi connectivity index (χ3v) is 3.03. The summed E-state index contributed by atoms with van der Waals surface area (Å²) in [7, 11) is 0. The van der Waals surface area contributed by atoms with E-state index in [1.54, 1.807) is 0 Å². The minimum atomic E-state index is 0.714. The molecule has 0 bridgehead atoms. The maximum absolute atomic E-state index is 5.63. The van der Waals surface area contributed by atoms with Crippen LogP contribution in [-0.2, 0) is 11.2 Å². The minimum absolute atomic E-state index is 0.714. The number of rotatable bonds is 5. The monoisotopic (exact) mass is 220 g/mol. The van der Waals surface area contributed by atoms with Gasteiger partial charge in [0.2, 0.25) is 0 Å². The molecule has 1 aromatic carbocycles. The Morgan fingerprint density at radius 2 is 2.12 bits per heavy atom. The number of anilines is 1. The molecule has 1 saturated heterocycles. The van der Waals surface area contributed by atoms with Crippen LogP contribution < -0.4 is 11.1 Å². The standard InChI is InChI=1S/C13H20N2O/c14-13-3-1-11(2-4-13)5-7-15-9-12-6-8-16-10-12/h1-4,12,15H,5-10,14H2. The maximum Gasteiger partial charge on any atom is 0.0507 e. The predicted octanol–water partition coefficient (Wildman–Crippen LogP) is 1.44. The summed E-state index contributed by atoms with van der Waals surface area (Å²) in [6.07, 6.45) is 2.27. The van der Waals surface area contributed by atoms with Gasteiger partial charge in [-0.05, 0) is 43.0 Å². The summed E-state index contributed by atoms with van der Waals surface area (Å²) < 4.78 is 5.33. The van der Waals surface area contributed by atoms with Crippen LogP contribution in [-0.4, -0.2) is 26.3 Å². The number of hydrogen-bond donors (Lipinski definition) is 2. The zero-order valence-electron chi connectivity index (χ0n) is 9.61. The van der Waals surface area contributed by atoms with Crippen molar-refractivity contribution in [2.45, 2.75) is 12.8 Å². The fourth-order valence-electron chi connectivity index (χ4n) is 1.97. The second kappa shape index (κ2) is 5.87. The van der Waals surface area contributed by atoms with Crippen LogP contribution in [0.25, 0.3) is 0 Å². The zero-order chi connectivity index (χ0) is 11.2. The average molecular weight is 220 g/mol. The molecule has 1 fully saturated rings. The summed E-state index contributed by atoms with van der Waals surface area (Å²) in [5, 5.41) is 3.48. The highest BCUT2D eigenvalue weighted by Gasteiger charge is 2.14. The fraction of sp³-hybridized carbons (Fsp3) is 0.538. The molecule has 0 aromatic heterocycles. The smallest absolute Gasteiger partial charge is 0.0507 e. The third-order valence-electron chi connectivity index (χ3n) is 3.03. The quantitative estimate of drug-likeness (QED) is 0.583. The van der Waals surface area contributed by atoms with Gasteiger partial charge in [-0.15, -0.1) is 0 Å². The number of nitrogens with two attached hydrogens (primary N) is 1. The van der Waals surface area contributed by atoms with Crippen molar-refractivity contribution in [2.75, 3.05) is 32.0 Å². The topological polar surface area (TPSA) is 47.3 Å². The number of hydrogen-bond acceptors (Lipinski definition) is 3. The van der Waals surface area contributed by atoms with Crippen LogP contribution in [0.5, 0.6) is 0 Å². The number of nitrogens with one attached hydrogen (secondary N) is 1. The molecule has 0 spiro atoms. The van der Waals surface area contributed by atoms with Gasteiger partial charge in [0.15, 0.2) is 0 Å². The van der Waals surface area contributed by atoms with Gasteiger partial charge in [0.05, 0.1) is 6.61 Å². The van der Waals surface area contributed by atoms with Crippen molar-refractivity contribution in [2.24, 2.45) is 5.92 Å². The van der Waals surface area contributed by atoms with E-state index in [2.05, 4.69) is 17.4 Å². The highest BCUT2D eigenvalue weighted by Crippen LogP contribution is 2.10. The first kappa shape index (κ1) is 11.4. The van der Waals surface area contributed by atoms with E-state index in [4.69, 9.17) is 10.5 Å². The molecule has 0 saturated carbocycles. The van der Waals surface area contributed by atoms with Crippen molar-refractivity contribution in [3.05, 3.63) is 29.8 Å². The molecule has 1 atom stereocenters. The Bertz CT molecular complexity index is 304. The number of nitrogen functional groups attached to an aromatic ring is 1. The Labute approximate surface area is 97.0 Å². The van der Waals surface area contributed by atoms with Crippen LogP contribution in [0.15, 0.2) is 24.3 Å². The Balaban J connectivity index is 1.62. The van der Waals surface area contributed by atoms with Crippen LogP contribution in [0.4, 0.5) is 5.69 Å². The lowest BCUT2D eigenvalue weighted by Crippen LogP contribution is -2.25. The summed E-state index contributed by atoms with van der Waals surface area (Å²) in [5.74, 6) is 0.714. The number of benzene rings is 1. The second-order valence-corrected chi connectivity index (χ2v) is 4.43. The molecule has 1 heterocycles. The molecule has 88 valence electrons. The van der Waals surface area contributed by atoms with E-state index in [0.29, 0.717) is 5.92 Å². The lowest BCUT2D eigenvalue weighted by Gasteiger charge is -2.09. The molecule has 1 aliphatic heterocycles. The van der Waals surface area contributed by atoms with Crippen molar-refractivity contribution in [3.63, 3.8) is 0 Å². The molecule has 0 amide bonds. The molecule has 3 heteroatoms. The van der Waals surface area contributed by atoms with Gasteiger partial charge >= 0.3 is 0 Å². The summed E-state index contributed by atoms with van der Waals surface area (Å²) in [5.41, 5.74) is 7.81. The SMILES string of the molecule is Nc1ccc(CCNCC2CCOC2)cc1. The van der Waals surface area contributed by atoms with Gasteiger partial charge in [0.1, 0.15) is 0 Å². The first-order valence-electron chi connectivity index (χ1n) is 5.97.